The third-order valence-corrected chi connectivity index (χ3v) is 6.30. The van der Waals surface area contributed by atoms with Crippen molar-refractivity contribution in [3.05, 3.63) is 63.9 Å². The van der Waals surface area contributed by atoms with Gasteiger partial charge in [0.2, 0.25) is 0 Å². The van der Waals surface area contributed by atoms with E-state index in [9.17, 15) is 27.6 Å². The number of alkyl halides is 2. The van der Waals surface area contributed by atoms with Crippen molar-refractivity contribution in [1.82, 2.24) is 25.3 Å². The highest BCUT2D eigenvalue weighted by molar-refractivity contribution is 6.43. The van der Waals surface area contributed by atoms with Gasteiger partial charge < -0.3 is 15.2 Å². The van der Waals surface area contributed by atoms with Crippen LogP contribution in [0.15, 0.2) is 30.6 Å². The number of amides is 2. The summed E-state index contributed by atoms with van der Waals surface area (Å²) in [7, 11) is 1.50. The minimum Gasteiger partial charge on any atom is -0.346 e. The summed E-state index contributed by atoms with van der Waals surface area (Å²) in [5, 5.41) is 14.6. The summed E-state index contributed by atoms with van der Waals surface area (Å²) in [5.41, 5.74) is -1.05. The van der Waals surface area contributed by atoms with Crippen molar-refractivity contribution in [2.24, 2.45) is 7.05 Å². The van der Waals surface area contributed by atoms with Crippen molar-refractivity contribution in [2.45, 2.75) is 37.6 Å². The van der Waals surface area contributed by atoms with Gasteiger partial charge in [0.15, 0.2) is 0 Å². The Labute approximate surface area is 202 Å². The third-order valence-electron chi connectivity index (χ3n) is 6.01. The van der Waals surface area contributed by atoms with E-state index >= 15 is 0 Å². The number of aromatic nitrogens is 4. The largest absolute Gasteiger partial charge is 0.346 e. The maximum Gasteiger partial charge on any atom is 0.293 e. The van der Waals surface area contributed by atoms with Crippen LogP contribution in [0.2, 0.25) is 5.02 Å². The van der Waals surface area contributed by atoms with Gasteiger partial charge in [0.1, 0.15) is 17.2 Å². The van der Waals surface area contributed by atoms with Gasteiger partial charge in [-0.05, 0) is 37.1 Å². The Hall–Kier alpha value is -3.67. The van der Waals surface area contributed by atoms with Crippen molar-refractivity contribution < 1.29 is 27.6 Å². The Bertz CT molecular complexity index is 1320. The van der Waals surface area contributed by atoms with Gasteiger partial charge in [-0.25, -0.2) is 13.2 Å². The van der Waals surface area contributed by atoms with Gasteiger partial charge in [-0.15, -0.1) is 0 Å². The minimum atomic E-state index is -3.05. The van der Waals surface area contributed by atoms with E-state index in [0.717, 1.165) is 6.07 Å². The lowest BCUT2D eigenvalue weighted by Crippen LogP contribution is -2.48. The second-order valence-electron chi connectivity index (χ2n) is 8.46. The van der Waals surface area contributed by atoms with E-state index in [0.29, 0.717) is 0 Å². The van der Waals surface area contributed by atoms with Crippen LogP contribution in [-0.4, -0.2) is 43.5 Å². The van der Waals surface area contributed by atoms with Crippen LogP contribution in [0.25, 0.3) is 0 Å². The average Bonchev–Trinajstić information content (AvgIpc) is 3.49. The van der Waals surface area contributed by atoms with E-state index in [2.05, 4.69) is 26.0 Å². The zero-order valence-corrected chi connectivity index (χ0v) is 19.3. The molecule has 3 aromatic rings. The fourth-order valence-electron chi connectivity index (χ4n) is 4.30. The number of benzene rings is 1. The number of aromatic amines is 1. The molecule has 0 unspecified atom stereocenters. The van der Waals surface area contributed by atoms with Gasteiger partial charge in [0, 0.05) is 37.3 Å². The Kier molecular flexibility index (Phi) is 6.18. The molecule has 184 valence electrons. The molecule has 4 rings (SSSR count). The second kappa shape index (κ2) is 8.84. The number of hydrogen-bond acceptors (Lipinski definition) is 5. The molecular formula is C22H20ClF3N6O3. The molecule has 3 N–H and O–H groups in total. The number of halogens is 4. The van der Waals surface area contributed by atoms with E-state index in [1.165, 1.54) is 43.1 Å². The van der Waals surface area contributed by atoms with Crippen LogP contribution < -0.4 is 10.6 Å². The molecule has 1 saturated carbocycles. The summed E-state index contributed by atoms with van der Waals surface area (Å²) in [6.45, 7) is 1.48. The fourth-order valence-corrected chi connectivity index (χ4v) is 4.48. The van der Waals surface area contributed by atoms with Crippen LogP contribution in [0.1, 0.15) is 51.4 Å². The number of nitrogens with zero attached hydrogens (tertiary/aromatic N) is 3. The SMILES string of the molecule is Cc1c(C(=O)C(=O)N[C@]2(c3cn[nH]n3)CCC(F)(F)C2)cn(C)c1C(=O)Nc1ccc(F)c(Cl)c1. The predicted octanol–water partition coefficient (Wildman–Crippen LogP) is 3.51. The maximum absolute atomic E-state index is 14.1. The first kappa shape index (κ1) is 24.5. The monoisotopic (exact) mass is 508 g/mol. The van der Waals surface area contributed by atoms with Crippen molar-refractivity contribution in [3.8, 4) is 0 Å². The van der Waals surface area contributed by atoms with E-state index in [1.807, 2.05) is 0 Å². The molecule has 1 atom stereocenters. The van der Waals surface area contributed by atoms with Gasteiger partial charge in [0.25, 0.3) is 23.5 Å². The Morgan fingerprint density at radius 2 is 1.97 bits per heavy atom. The molecule has 2 amide bonds. The van der Waals surface area contributed by atoms with Gasteiger partial charge in [-0.1, -0.05) is 11.6 Å². The highest BCUT2D eigenvalue weighted by Gasteiger charge is 2.53. The van der Waals surface area contributed by atoms with Crippen molar-refractivity contribution >= 4 is 34.9 Å². The Morgan fingerprint density at radius 3 is 2.57 bits per heavy atom. The number of anilines is 1. The summed E-state index contributed by atoms with van der Waals surface area (Å²) >= 11 is 5.74. The molecule has 1 aliphatic rings. The van der Waals surface area contributed by atoms with Crippen molar-refractivity contribution in [3.63, 3.8) is 0 Å². The number of carbonyl (C=O) groups excluding carboxylic acids is 3. The van der Waals surface area contributed by atoms with Gasteiger partial charge >= 0.3 is 0 Å². The molecule has 9 nitrogen and oxygen atoms in total. The van der Waals surface area contributed by atoms with E-state index < -0.39 is 47.7 Å². The van der Waals surface area contributed by atoms with Crippen LogP contribution in [-0.2, 0) is 17.4 Å². The van der Waals surface area contributed by atoms with E-state index in [4.69, 9.17) is 11.6 Å². The van der Waals surface area contributed by atoms with Crippen LogP contribution in [0, 0.1) is 12.7 Å². The number of Topliss-reactive ketones (excluding diaryl/α,β-unsaturated/α-hetero) is 1. The standard InChI is InChI=1S/C22H20ClF3N6O3/c1-11-13(9-32(2)17(11)19(34)28-12-3-4-15(24)14(23)7-12)18(33)20(35)29-21(16-8-27-31-30-16)5-6-22(25,26)10-21/h3-4,7-9H,5-6,10H2,1-2H3,(H,28,34)(H,29,35)(H,27,30,31)/t21-/m1/s1. The van der Waals surface area contributed by atoms with Gasteiger partial charge in [-0.2, -0.15) is 15.4 Å². The topological polar surface area (TPSA) is 122 Å². The summed E-state index contributed by atoms with van der Waals surface area (Å²) in [4.78, 5) is 38.7. The normalized spacial score (nSPS) is 18.9. The zero-order chi connectivity index (χ0) is 25.5. The summed E-state index contributed by atoms with van der Waals surface area (Å²) in [6, 6.07) is 3.64. The summed E-state index contributed by atoms with van der Waals surface area (Å²) in [6.07, 6.45) is 1.18. The predicted molar refractivity (Wildman–Crippen MR) is 119 cm³/mol. The molecule has 1 fully saturated rings. The molecule has 0 radical (unpaired) electrons. The summed E-state index contributed by atoms with van der Waals surface area (Å²) in [5.74, 6) is -6.44. The Morgan fingerprint density at radius 1 is 1.23 bits per heavy atom. The van der Waals surface area contributed by atoms with Crippen LogP contribution in [0.3, 0.4) is 0 Å². The molecule has 0 aliphatic heterocycles. The van der Waals surface area contributed by atoms with Crippen molar-refractivity contribution in [1.29, 1.82) is 0 Å². The second-order valence-corrected chi connectivity index (χ2v) is 8.87. The smallest absolute Gasteiger partial charge is 0.293 e. The minimum absolute atomic E-state index is 0.0696. The lowest BCUT2D eigenvalue weighted by molar-refractivity contribution is -0.119. The molecule has 35 heavy (non-hydrogen) atoms. The molecule has 2 heterocycles. The first-order valence-electron chi connectivity index (χ1n) is 10.5. The highest BCUT2D eigenvalue weighted by atomic mass is 35.5. The summed E-state index contributed by atoms with van der Waals surface area (Å²) < 4.78 is 42.9. The number of aryl methyl sites for hydroxylation is 1. The first-order valence-corrected chi connectivity index (χ1v) is 10.8. The molecule has 2 aromatic heterocycles. The van der Waals surface area contributed by atoms with Crippen LogP contribution >= 0.6 is 11.6 Å². The number of hydrogen-bond donors (Lipinski definition) is 3. The number of H-pyrrole nitrogens is 1. The maximum atomic E-state index is 14.1. The van der Waals surface area contributed by atoms with E-state index in [-0.39, 0.29) is 39.6 Å². The lowest BCUT2D eigenvalue weighted by Gasteiger charge is -2.27. The van der Waals surface area contributed by atoms with Gasteiger partial charge in [0.05, 0.1) is 16.8 Å². The number of rotatable bonds is 6. The molecule has 1 aromatic carbocycles. The van der Waals surface area contributed by atoms with Crippen LogP contribution in [0.5, 0.6) is 0 Å². The van der Waals surface area contributed by atoms with E-state index in [1.54, 1.807) is 0 Å². The van der Waals surface area contributed by atoms with Crippen LogP contribution in [0.4, 0.5) is 18.9 Å². The molecule has 0 spiro atoms. The number of carbonyl (C=O) groups is 3. The number of ketones is 1. The first-order chi connectivity index (χ1) is 16.4. The number of nitrogens with one attached hydrogen (secondary N) is 3. The molecular weight excluding hydrogens is 489 g/mol. The Balaban J connectivity index is 1.57. The molecule has 1 aliphatic carbocycles. The van der Waals surface area contributed by atoms with Crippen molar-refractivity contribution in [2.75, 3.05) is 5.32 Å². The fraction of sp³-hybridized carbons (Fsp3) is 0.318. The lowest BCUT2D eigenvalue weighted by atomic mass is 9.92. The molecule has 13 heteroatoms. The average molecular weight is 509 g/mol. The quantitative estimate of drug-likeness (QED) is 0.347. The third kappa shape index (κ3) is 4.65. The molecule has 0 saturated heterocycles. The highest BCUT2D eigenvalue weighted by Crippen LogP contribution is 2.46. The zero-order valence-electron chi connectivity index (χ0n) is 18.6. The van der Waals surface area contributed by atoms with Gasteiger partial charge in [-0.3, -0.25) is 14.4 Å². The molecule has 0 bridgehead atoms.